The molecule has 7 heteroatoms. The van der Waals surface area contributed by atoms with Gasteiger partial charge < -0.3 is 20.1 Å². The molecule has 1 saturated heterocycles. The van der Waals surface area contributed by atoms with Gasteiger partial charge in [0, 0.05) is 19.6 Å². The highest BCUT2D eigenvalue weighted by Crippen LogP contribution is 2.18. The van der Waals surface area contributed by atoms with Gasteiger partial charge in [-0.2, -0.15) is 0 Å². The third-order valence-corrected chi connectivity index (χ3v) is 3.43. The molecular weight excluding hydrogens is 400 g/mol. The molecule has 1 aromatic rings. The Morgan fingerprint density at radius 1 is 1.55 bits per heavy atom. The maximum Gasteiger partial charge on any atom is 0.194 e. The summed E-state index contributed by atoms with van der Waals surface area (Å²) in [5, 5.41) is 12.8. The standard InChI is InChI=1S/C15H22FN3O2.HI/c1-3-17-15(19-7-6-12(20)10-19)18-9-11-4-5-14(21-2)13(16)8-11;/h4-5,8,12,20H,3,6-7,9-10H2,1-2H3,(H,17,18);1H/t12-;/m1./s1. The van der Waals surface area contributed by atoms with E-state index in [1.54, 1.807) is 12.1 Å². The molecule has 1 atom stereocenters. The number of hydrogen-bond donors (Lipinski definition) is 2. The van der Waals surface area contributed by atoms with Crippen LogP contribution in [0.5, 0.6) is 5.75 Å². The van der Waals surface area contributed by atoms with Crippen LogP contribution in [0.2, 0.25) is 0 Å². The number of aliphatic hydroxyl groups excluding tert-OH is 1. The molecule has 124 valence electrons. The second-order valence-corrected chi connectivity index (χ2v) is 5.03. The number of hydrogen-bond acceptors (Lipinski definition) is 3. The van der Waals surface area contributed by atoms with Crippen molar-refractivity contribution < 1.29 is 14.2 Å². The zero-order valence-corrected chi connectivity index (χ0v) is 15.2. The molecule has 2 N–H and O–H groups in total. The number of likely N-dealkylation sites (tertiary alicyclic amines) is 1. The number of nitrogens with one attached hydrogen (secondary N) is 1. The first-order valence-electron chi connectivity index (χ1n) is 7.17. The molecule has 0 bridgehead atoms. The van der Waals surface area contributed by atoms with Gasteiger partial charge in [0.1, 0.15) is 0 Å². The summed E-state index contributed by atoms with van der Waals surface area (Å²) in [6, 6.07) is 4.84. The van der Waals surface area contributed by atoms with E-state index < -0.39 is 0 Å². The van der Waals surface area contributed by atoms with Crippen LogP contribution in [0.4, 0.5) is 4.39 Å². The number of methoxy groups -OCH3 is 1. The summed E-state index contributed by atoms with van der Waals surface area (Å²) in [6.45, 7) is 4.50. The second-order valence-electron chi connectivity index (χ2n) is 5.03. The number of halogens is 2. The van der Waals surface area contributed by atoms with Gasteiger partial charge in [0.25, 0.3) is 0 Å². The number of aliphatic hydroxyl groups is 1. The summed E-state index contributed by atoms with van der Waals surface area (Å²) in [7, 11) is 1.44. The zero-order valence-electron chi connectivity index (χ0n) is 12.9. The Morgan fingerprint density at radius 3 is 2.86 bits per heavy atom. The van der Waals surface area contributed by atoms with E-state index in [0.29, 0.717) is 13.1 Å². The lowest BCUT2D eigenvalue weighted by Crippen LogP contribution is -2.40. The first-order chi connectivity index (χ1) is 10.1. The van der Waals surface area contributed by atoms with Gasteiger partial charge in [0.15, 0.2) is 17.5 Å². The molecule has 2 rings (SSSR count). The Morgan fingerprint density at radius 2 is 2.32 bits per heavy atom. The quantitative estimate of drug-likeness (QED) is 0.442. The molecule has 1 heterocycles. The second kappa shape index (κ2) is 9.14. The van der Waals surface area contributed by atoms with Crippen LogP contribution in [-0.4, -0.2) is 48.8 Å². The Kier molecular flexibility index (Phi) is 7.88. The molecule has 1 aliphatic heterocycles. The molecule has 0 aromatic heterocycles. The molecule has 0 aliphatic carbocycles. The third-order valence-electron chi connectivity index (χ3n) is 3.43. The van der Waals surface area contributed by atoms with Gasteiger partial charge in [0.2, 0.25) is 0 Å². The summed E-state index contributed by atoms with van der Waals surface area (Å²) >= 11 is 0. The Hall–Kier alpha value is -1.09. The van der Waals surface area contributed by atoms with Crippen LogP contribution >= 0.6 is 24.0 Å². The van der Waals surface area contributed by atoms with Crippen LogP contribution in [0, 0.1) is 5.82 Å². The number of guanidine groups is 1. The topological polar surface area (TPSA) is 57.1 Å². The van der Waals surface area contributed by atoms with E-state index in [1.807, 2.05) is 11.8 Å². The Labute approximate surface area is 147 Å². The molecule has 1 aliphatic rings. The zero-order chi connectivity index (χ0) is 15.2. The van der Waals surface area contributed by atoms with Crippen LogP contribution in [0.25, 0.3) is 0 Å². The molecule has 22 heavy (non-hydrogen) atoms. The van der Waals surface area contributed by atoms with E-state index in [2.05, 4.69) is 10.3 Å². The van der Waals surface area contributed by atoms with Gasteiger partial charge in [-0.3, -0.25) is 0 Å². The fraction of sp³-hybridized carbons (Fsp3) is 0.533. The molecule has 0 amide bonds. The van der Waals surface area contributed by atoms with Gasteiger partial charge >= 0.3 is 0 Å². The minimum atomic E-state index is -0.383. The molecule has 5 nitrogen and oxygen atoms in total. The predicted molar refractivity (Wildman–Crippen MR) is 95.4 cm³/mol. The van der Waals surface area contributed by atoms with Crippen LogP contribution < -0.4 is 10.1 Å². The summed E-state index contributed by atoms with van der Waals surface area (Å²) in [5.41, 5.74) is 0.781. The van der Waals surface area contributed by atoms with E-state index in [0.717, 1.165) is 31.0 Å². The third kappa shape index (κ3) is 4.98. The fourth-order valence-corrected chi connectivity index (χ4v) is 2.33. The lowest BCUT2D eigenvalue weighted by molar-refractivity contribution is 0.188. The van der Waals surface area contributed by atoms with E-state index in [4.69, 9.17) is 4.74 Å². The van der Waals surface area contributed by atoms with Crippen molar-refractivity contribution in [3.63, 3.8) is 0 Å². The molecule has 0 radical (unpaired) electrons. The first kappa shape index (κ1) is 19.0. The number of aliphatic imine (C=N–C) groups is 1. The van der Waals surface area contributed by atoms with Crippen LogP contribution in [0.15, 0.2) is 23.2 Å². The van der Waals surface area contributed by atoms with E-state index in [1.165, 1.54) is 13.2 Å². The van der Waals surface area contributed by atoms with Crippen LogP contribution in [0.1, 0.15) is 18.9 Å². The van der Waals surface area contributed by atoms with Crippen molar-refractivity contribution in [3.8, 4) is 5.75 Å². The number of nitrogens with zero attached hydrogens (tertiary/aromatic N) is 2. The smallest absolute Gasteiger partial charge is 0.194 e. The van der Waals surface area contributed by atoms with Crippen LogP contribution in [0.3, 0.4) is 0 Å². The molecule has 1 fully saturated rings. The number of β-amino-alcohol motifs (C(OH)–C–C–N with tert-alkyl or cyclic N) is 1. The summed E-state index contributed by atoms with van der Waals surface area (Å²) in [4.78, 5) is 6.53. The summed E-state index contributed by atoms with van der Waals surface area (Å²) < 4.78 is 18.5. The fourth-order valence-electron chi connectivity index (χ4n) is 2.33. The van der Waals surface area contributed by atoms with Gasteiger partial charge in [-0.05, 0) is 31.0 Å². The Bertz CT molecular complexity index is 514. The highest BCUT2D eigenvalue weighted by atomic mass is 127. The minimum absolute atomic E-state index is 0. The molecule has 0 saturated carbocycles. The number of benzene rings is 1. The van der Waals surface area contributed by atoms with Crippen LogP contribution in [-0.2, 0) is 6.54 Å². The van der Waals surface area contributed by atoms with Crippen molar-refractivity contribution in [2.24, 2.45) is 4.99 Å². The van der Waals surface area contributed by atoms with E-state index in [9.17, 15) is 9.50 Å². The van der Waals surface area contributed by atoms with E-state index in [-0.39, 0.29) is 41.6 Å². The van der Waals surface area contributed by atoms with Gasteiger partial charge in [-0.15, -0.1) is 24.0 Å². The largest absolute Gasteiger partial charge is 0.494 e. The van der Waals surface area contributed by atoms with Gasteiger partial charge in [0.05, 0.1) is 19.8 Å². The number of ether oxygens (including phenoxy) is 1. The highest BCUT2D eigenvalue weighted by molar-refractivity contribution is 14.0. The minimum Gasteiger partial charge on any atom is -0.494 e. The predicted octanol–water partition coefficient (Wildman–Crippen LogP) is 1.98. The molecule has 0 unspecified atom stereocenters. The number of rotatable bonds is 4. The average molecular weight is 423 g/mol. The van der Waals surface area contributed by atoms with Crippen molar-refractivity contribution in [2.75, 3.05) is 26.7 Å². The van der Waals surface area contributed by atoms with Crippen molar-refractivity contribution in [1.29, 1.82) is 0 Å². The summed E-state index contributed by atoms with van der Waals surface area (Å²) in [5.74, 6) is 0.606. The SMILES string of the molecule is CCNC(=NCc1ccc(OC)c(F)c1)N1CC[C@@H](O)C1.I. The highest BCUT2D eigenvalue weighted by Gasteiger charge is 2.22. The monoisotopic (exact) mass is 423 g/mol. The summed E-state index contributed by atoms with van der Waals surface area (Å²) in [6.07, 6.45) is 0.453. The van der Waals surface area contributed by atoms with Crippen molar-refractivity contribution in [2.45, 2.75) is 26.0 Å². The normalized spacial score (nSPS) is 18.1. The Balaban J connectivity index is 0.00000242. The molecule has 1 aromatic carbocycles. The van der Waals surface area contributed by atoms with Crippen molar-refractivity contribution in [1.82, 2.24) is 10.2 Å². The van der Waals surface area contributed by atoms with Gasteiger partial charge in [-0.25, -0.2) is 9.38 Å². The average Bonchev–Trinajstić information content (AvgIpc) is 2.90. The lowest BCUT2D eigenvalue weighted by atomic mass is 10.2. The molecular formula is C15H23FIN3O2. The maximum absolute atomic E-state index is 13.6. The molecule has 0 spiro atoms. The maximum atomic E-state index is 13.6. The first-order valence-corrected chi connectivity index (χ1v) is 7.17. The van der Waals surface area contributed by atoms with Crippen molar-refractivity contribution in [3.05, 3.63) is 29.6 Å². The van der Waals surface area contributed by atoms with Crippen molar-refractivity contribution >= 4 is 29.9 Å². The van der Waals surface area contributed by atoms with E-state index >= 15 is 0 Å². The lowest BCUT2D eigenvalue weighted by Gasteiger charge is -2.20. The van der Waals surface area contributed by atoms with Gasteiger partial charge in [-0.1, -0.05) is 6.07 Å².